The van der Waals surface area contributed by atoms with E-state index in [0.717, 1.165) is 43.9 Å². The Balaban J connectivity index is 1.93. The molecule has 1 fully saturated rings. The van der Waals surface area contributed by atoms with Gasteiger partial charge in [0, 0.05) is 17.8 Å². The van der Waals surface area contributed by atoms with E-state index in [1.807, 2.05) is 0 Å². The van der Waals surface area contributed by atoms with E-state index in [0.29, 0.717) is 6.10 Å². The summed E-state index contributed by atoms with van der Waals surface area (Å²) in [4.78, 5) is 9.44. The summed E-state index contributed by atoms with van der Waals surface area (Å²) in [6.45, 7) is 5.14. The second-order valence-electron chi connectivity index (χ2n) is 5.25. The highest BCUT2D eigenvalue weighted by atomic mass is 16.5. The quantitative estimate of drug-likeness (QED) is 0.892. The van der Waals surface area contributed by atoms with Gasteiger partial charge in [0.15, 0.2) is 5.82 Å². The van der Waals surface area contributed by atoms with Gasteiger partial charge in [-0.15, -0.1) is 0 Å². The van der Waals surface area contributed by atoms with Gasteiger partial charge in [-0.3, -0.25) is 0 Å². The van der Waals surface area contributed by atoms with E-state index in [2.05, 4.69) is 19.2 Å². The van der Waals surface area contributed by atoms with E-state index in [1.54, 1.807) is 0 Å². The van der Waals surface area contributed by atoms with Crippen LogP contribution in [0.2, 0.25) is 0 Å². The number of hydrogen-bond donors (Lipinski definition) is 1. The van der Waals surface area contributed by atoms with Crippen molar-refractivity contribution in [3.63, 3.8) is 0 Å². The monoisotopic (exact) mass is 247 g/mol. The van der Waals surface area contributed by atoms with E-state index >= 15 is 0 Å². The zero-order valence-electron chi connectivity index (χ0n) is 11.2. The van der Waals surface area contributed by atoms with Gasteiger partial charge in [-0.1, -0.05) is 0 Å². The lowest BCUT2D eigenvalue weighted by Gasteiger charge is -2.14. The van der Waals surface area contributed by atoms with Crippen LogP contribution in [0.25, 0.3) is 0 Å². The number of nitrogens with zero attached hydrogens (tertiary/aromatic N) is 2. The molecule has 0 radical (unpaired) electrons. The molecule has 1 aliphatic carbocycles. The number of aryl methyl sites for hydroxylation is 1. The van der Waals surface area contributed by atoms with Crippen LogP contribution in [0.15, 0.2) is 0 Å². The number of hydrogen-bond acceptors (Lipinski definition) is 4. The van der Waals surface area contributed by atoms with Crippen LogP contribution in [-0.4, -0.2) is 22.6 Å². The molecule has 1 aliphatic heterocycles. The summed E-state index contributed by atoms with van der Waals surface area (Å²) in [7, 11) is 0. The first-order chi connectivity index (χ1) is 8.78. The second-order valence-corrected chi connectivity index (χ2v) is 5.25. The van der Waals surface area contributed by atoms with Gasteiger partial charge >= 0.3 is 0 Å². The van der Waals surface area contributed by atoms with Crippen LogP contribution in [0, 0.1) is 0 Å². The number of nitrogens with one attached hydrogen (secondary N) is 1. The van der Waals surface area contributed by atoms with E-state index in [1.165, 1.54) is 17.7 Å². The topological polar surface area (TPSA) is 47.0 Å². The first kappa shape index (κ1) is 11.9. The van der Waals surface area contributed by atoms with Crippen LogP contribution in [0.1, 0.15) is 56.3 Å². The predicted molar refractivity (Wildman–Crippen MR) is 70.7 cm³/mol. The van der Waals surface area contributed by atoms with Crippen molar-refractivity contribution in [2.45, 2.75) is 58.2 Å². The van der Waals surface area contributed by atoms with E-state index in [4.69, 9.17) is 14.7 Å². The molecular formula is C14H21N3O. The smallest absolute Gasteiger partial charge is 0.159 e. The Kier molecular flexibility index (Phi) is 3.20. The molecule has 1 N–H and O–H groups in total. The third kappa shape index (κ3) is 2.09. The summed E-state index contributed by atoms with van der Waals surface area (Å²) >= 11 is 0. The summed E-state index contributed by atoms with van der Waals surface area (Å²) in [5, 5.41) is 3.38. The lowest BCUT2D eigenvalue weighted by molar-refractivity contribution is 0.0502. The minimum atomic E-state index is 0.100. The molecule has 18 heavy (non-hydrogen) atoms. The number of anilines is 1. The van der Waals surface area contributed by atoms with Crippen LogP contribution < -0.4 is 5.32 Å². The average Bonchev–Trinajstić information content (AvgIpc) is 2.97. The largest absolute Gasteiger partial charge is 0.370 e. The van der Waals surface area contributed by atoms with Gasteiger partial charge in [0.2, 0.25) is 0 Å². The fraction of sp³-hybridized carbons (Fsp3) is 0.714. The van der Waals surface area contributed by atoms with Gasteiger partial charge in [-0.25, -0.2) is 9.97 Å². The lowest BCUT2D eigenvalue weighted by Crippen LogP contribution is -2.12. The number of aromatic nitrogens is 2. The highest BCUT2D eigenvalue weighted by Gasteiger charge is 2.28. The van der Waals surface area contributed by atoms with Crippen molar-refractivity contribution in [2.24, 2.45) is 0 Å². The summed E-state index contributed by atoms with van der Waals surface area (Å²) in [5.74, 6) is 1.93. The fourth-order valence-corrected chi connectivity index (χ4v) is 2.90. The van der Waals surface area contributed by atoms with Crippen molar-refractivity contribution in [3.05, 3.63) is 17.1 Å². The Hall–Kier alpha value is -1.16. The van der Waals surface area contributed by atoms with Gasteiger partial charge in [0.05, 0.1) is 6.10 Å². The molecule has 2 heterocycles. The Bertz CT molecular complexity index is 447. The summed E-state index contributed by atoms with van der Waals surface area (Å²) in [5.41, 5.74) is 2.56. The third-order valence-corrected chi connectivity index (χ3v) is 3.81. The maximum Gasteiger partial charge on any atom is 0.159 e. The Morgan fingerprint density at radius 2 is 2.17 bits per heavy atom. The number of fused-ring (bicyclic) bond motifs is 1. The average molecular weight is 247 g/mol. The minimum absolute atomic E-state index is 0.100. The van der Waals surface area contributed by atoms with Gasteiger partial charge < -0.3 is 10.1 Å². The molecule has 98 valence electrons. The predicted octanol–water partition coefficient (Wildman–Crippen LogP) is 2.64. The van der Waals surface area contributed by atoms with Crippen LogP contribution in [0.3, 0.4) is 0 Å². The molecule has 0 amide bonds. The summed E-state index contributed by atoms with van der Waals surface area (Å²) in [6.07, 6.45) is 6.00. The molecule has 1 aromatic heterocycles. The van der Waals surface area contributed by atoms with Crippen molar-refractivity contribution in [3.8, 4) is 0 Å². The molecule has 3 rings (SSSR count). The van der Waals surface area contributed by atoms with Crippen LogP contribution in [-0.2, 0) is 17.6 Å². The number of rotatable bonds is 3. The fourth-order valence-electron chi connectivity index (χ4n) is 2.90. The summed E-state index contributed by atoms with van der Waals surface area (Å²) < 4.78 is 5.89. The molecule has 4 nitrogen and oxygen atoms in total. The van der Waals surface area contributed by atoms with Gasteiger partial charge in [-0.2, -0.15) is 0 Å². The van der Waals surface area contributed by atoms with Crippen LogP contribution in [0.5, 0.6) is 0 Å². The molecule has 1 aromatic rings. The lowest BCUT2D eigenvalue weighted by atomic mass is 10.2. The Morgan fingerprint density at radius 3 is 2.89 bits per heavy atom. The molecule has 0 bridgehead atoms. The van der Waals surface area contributed by atoms with Gasteiger partial charge in [-0.05, 0) is 46.0 Å². The van der Waals surface area contributed by atoms with Crippen molar-refractivity contribution >= 4 is 5.82 Å². The van der Waals surface area contributed by atoms with Crippen molar-refractivity contribution in [1.29, 1.82) is 0 Å². The molecule has 0 spiro atoms. The maximum atomic E-state index is 5.89. The van der Waals surface area contributed by atoms with Crippen LogP contribution >= 0.6 is 0 Å². The summed E-state index contributed by atoms with van der Waals surface area (Å²) in [6, 6.07) is 0. The van der Waals surface area contributed by atoms with Crippen molar-refractivity contribution < 1.29 is 4.74 Å². The first-order valence-electron chi connectivity index (χ1n) is 7.07. The normalized spacial score (nSPS) is 26.3. The van der Waals surface area contributed by atoms with E-state index in [-0.39, 0.29) is 6.10 Å². The Labute approximate surface area is 108 Å². The molecule has 2 aliphatic rings. The maximum absolute atomic E-state index is 5.89. The first-order valence-corrected chi connectivity index (χ1v) is 7.07. The zero-order chi connectivity index (χ0) is 12.5. The molecule has 2 atom stereocenters. The molecule has 1 saturated heterocycles. The Morgan fingerprint density at radius 1 is 1.28 bits per heavy atom. The van der Waals surface area contributed by atoms with Gasteiger partial charge in [0.25, 0.3) is 0 Å². The van der Waals surface area contributed by atoms with E-state index in [9.17, 15) is 0 Å². The van der Waals surface area contributed by atoms with Crippen LogP contribution in [0.4, 0.5) is 5.82 Å². The standard InChI is InChI=1S/C14H21N3O/c1-3-15-13-10-5-4-6-11(10)16-14(17-13)12-8-7-9(2)18-12/h9,12H,3-8H2,1-2H3,(H,15,16,17). The molecule has 2 unspecified atom stereocenters. The second kappa shape index (κ2) is 4.84. The zero-order valence-corrected chi connectivity index (χ0v) is 11.2. The molecule has 4 heteroatoms. The highest BCUT2D eigenvalue weighted by molar-refractivity contribution is 5.48. The molecular weight excluding hydrogens is 226 g/mol. The number of ether oxygens (including phenoxy) is 1. The van der Waals surface area contributed by atoms with E-state index < -0.39 is 0 Å². The van der Waals surface area contributed by atoms with Crippen molar-refractivity contribution in [1.82, 2.24) is 9.97 Å². The molecule has 0 aromatic carbocycles. The molecule has 0 saturated carbocycles. The third-order valence-electron chi connectivity index (χ3n) is 3.81. The van der Waals surface area contributed by atoms with Crippen molar-refractivity contribution in [2.75, 3.05) is 11.9 Å². The SMILES string of the molecule is CCNc1nc(C2CCC(C)O2)nc2c1CCC2. The van der Waals surface area contributed by atoms with Gasteiger partial charge in [0.1, 0.15) is 11.9 Å². The highest BCUT2D eigenvalue weighted by Crippen LogP contribution is 2.34. The minimum Gasteiger partial charge on any atom is -0.370 e.